The molecule has 0 aromatic carbocycles. The van der Waals surface area contributed by atoms with Crippen LogP contribution in [0.15, 0.2) is 0 Å². The zero-order chi connectivity index (χ0) is 7.44. The quantitative estimate of drug-likeness (QED) is 0.549. The molecule has 1 atom stereocenters. The van der Waals surface area contributed by atoms with Crippen molar-refractivity contribution in [3.05, 3.63) is 0 Å². The molecule has 0 radical (unpaired) electrons. The molecular weight excluding hydrogens is 130 g/mol. The number of amides is 1. The minimum Gasteiger partial charge on any atom is -0.368 e. The van der Waals surface area contributed by atoms with Gasteiger partial charge in [-0.15, -0.1) is 0 Å². The van der Waals surface area contributed by atoms with Gasteiger partial charge in [0.25, 0.3) is 0 Å². The zero-order valence-corrected chi connectivity index (χ0v) is 4.68. The molecule has 4 N–H and O–H groups in total. The van der Waals surface area contributed by atoms with Gasteiger partial charge in [0, 0.05) is 6.42 Å². The van der Waals surface area contributed by atoms with Gasteiger partial charge in [-0.1, -0.05) is 0 Å². The van der Waals surface area contributed by atoms with Gasteiger partial charge in [-0.05, 0) is 0 Å². The van der Waals surface area contributed by atoms with Crippen LogP contribution in [-0.2, 0) is 4.79 Å². The van der Waals surface area contributed by atoms with E-state index in [1.165, 1.54) is 0 Å². The van der Waals surface area contributed by atoms with Crippen molar-refractivity contribution in [1.29, 1.82) is 0 Å². The Hall–Kier alpha value is -0.710. The van der Waals surface area contributed by atoms with Crippen LogP contribution in [0.1, 0.15) is 6.42 Å². The second-order valence-electron chi connectivity index (χ2n) is 1.64. The molecule has 1 unspecified atom stereocenters. The van der Waals surface area contributed by atoms with E-state index >= 15 is 0 Å². The lowest BCUT2D eigenvalue weighted by atomic mass is 10.2. The molecule has 1 amide bonds. The van der Waals surface area contributed by atoms with Crippen molar-refractivity contribution in [2.75, 3.05) is 0 Å². The average molecular weight is 138 g/mol. The summed E-state index contributed by atoms with van der Waals surface area (Å²) < 4.78 is 22.7. The Morgan fingerprint density at radius 1 is 1.56 bits per heavy atom. The Kier molecular flexibility index (Phi) is 3.08. The van der Waals surface area contributed by atoms with Crippen molar-refractivity contribution in [2.24, 2.45) is 11.5 Å². The van der Waals surface area contributed by atoms with Gasteiger partial charge in [0.05, 0.1) is 6.04 Å². The van der Waals surface area contributed by atoms with Gasteiger partial charge in [0.1, 0.15) is 0 Å². The maximum atomic E-state index is 11.4. The van der Waals surface area contributed by atoms with E-state index in [1.54, 1.807) is 0 Å². The molecule has 3 nitrogen and oxygen atoms in total. The van der Waals surface area contributed by atoms with Gasteiger partial charge in [0.15, 0.2) is 0 Å². The summed E-state index contributed by atoms with van der Waals surface area (Å²) in [7, 11) is 0. The lowest BCUT2D eigenvalue weighted by molar-refractivity contribution is -0.120. The Morgan fingerprint density at radius 2 is 2.00 bits per heavy atom. The predicted molar refractivity (Wildman–Crippen MR) is 27.8 cm³/mol. The Labute approximate surface area is 51.0 Å². The van der Waals surface area contributed by atoms with Gasteiger partial charge in [-0.25, -0.2) is 8.78 Å². The molecule has 0 heterocycles. The first-order valence-electron chi connectivity index (χ1n) is 2.37. The summed E-state index contributed by atoms with van der Waals surface area (Å²) in [4.78, 5) is 10.00. The van der Waals surface area contributed by atoms with Crippen LogP contribution in [0.4, 0.5) is 8.78 Å². The molecule has 0 aromatic rings. The summed E-state index contributed by atoms with van der Waals surface area (Å²) in [6.45, 7) is 0. The number of carbonyl (C=O) groups excluding carboxylic acids is 1. The molecule has 0 aliphatic rings. The summed E-state index contributed by atoms with van der Waals surface area (Å²) in [5, 5.41) is 0. The van der Waals surface area contributed by atoms with Crippen molar-refractivity contribution >= 4 is 5.91 Å². The molecule has 9 heavy (non-hydrogen) atoms. The number of hydrogen-bond donors (Lipinski definition) is 2. The van der Waals surface area contributed by atoms with Crippen molar-refractivity contribution < 1.29 is 13.6 Å². The van der Waals surface area contributed by atoms with Crippen LogP contribution in [0.2, 0.25) is 0 Å². The lowest BCUT2D eigenvalue weighted by Gasteiger charge is -2.03. The number of primary amides is 1. The SMILES string of the molecule is NC(=O)C(N)CC(F)F. The van der Waals surface area contributed by atoms with E-state index in [0.717, 1.165) is 0 Å². The Bertz CT molecular complexity index is 107. The largest absolute Gasteiger partial charge is 0.368 e. The molecular formula is C4H8F2N2O. The first kappa shape index (κ1) is 8.29. The summed E-state index contributed by atoms with van der Waals surface area (Å²) in [6.07, 6.45) is -3.22. The predicted octanol–water partition coefficient (Wildman–Crippen LogP) is -0.546. The number of alkyl halides is 2. The third-order valence-corrected chi connectivity index (χ3v) is 0.798. The van der Waals surface area contributed by atoms with E-state index < -0.39 is 24.8 Å². The smallest absolute Gasteiger partial charge is 0.240 e. The molecule has 0 rings (SSSR count). The molecule has 0 aliphatic carbocycles. The van der Waals surface area contributed by atoms with E-state index in [-0.39, 0.29) is 0 Å². The fourth-order valence-corrected chi connectivity index (χ4v) is 0.308. The van der Waals surface area contributed by atoms with Crippen LogP contribution in [-0.4, -0.2) is 18.4 Å². The van der Waals surface area contributed by atoms with E-state index in [0.29, 0.717) is 0 Å². The highest BCUT2D eigenvalue weighted by atomic mass is 19.3. The monoisotopic (exact) mass is 138 g/mol. The minimum atomic E-state index is -2.56. The number of hydrogen-bond acceptors (Lipinski definition) is 2. The summed E-state index contributed by atoms with van der Waals surface area (Å²) in [5.41, 5.74) is 9.45. The molecule has 0 aliphatic heterocycles. The van der Waals surface area contributed by atoms with Gasteiger partial charge in [0.2, 0.25) is 12.3 Å². The van der Waals surface area contributed by atoms with Crippen molar-refractivity contribution in [3.8, 4) is 0 Å². The number of carbonyl (C=O) groups is 1. The highest BCUT2D eigenvalue weighted by molar-refractivity contribution is 5.79. The van der Waals surface area contributed by atoms with Crippen LogP contribution < -0.4 is 11.5 Å². The lowest BCUT2D eigenvalue weighted by Crippen LogP contribution is -2.37. The van der Waals surface area contributed by atoms with Gasteiger partial charge < -0.3 is 11.5 Å². The molecule has 54 valence electrons. The zero-order valence-electron chi connectivity index (χ0n) is 4.68. The highest BCUT2D eigenvalue weighted by Crippen LogP contribution is 2.00. The molecule has 0 spiro atoms. The minimum absolute atomic E-state index is 0.657. The summed E-state index contributed by atoms with van der Waals surface area (Å²) >= 11 is 0. The number of nitrogens with two attached hydrogens (primary N) is 2. The van der Waals surface area contributed by atoms with Crippen molar-refractivity contribution in [1.82, 2.24) is 0 Å². The molecule has 0 fully saturated rings. The van der Waals surface area contributed by atoms with Crippen molar-refractivity contribution in [3.63, 3.8) is 0 Å². The molecule has 0 aromatic heterocycles. The van der Waals surface area contributed by atoms with Crippen LogP contribution in [0, 0.1) is 0 Å². The maximum Gasteiger partial charge on any atom is 0.240 e. The van der Waals surface area contributed by atoms with Gasteiger partial charge >= 0.3 is 0 Å². The maximum absolute atomic E-state index is 11.4. The average Bonchev–Trinajstić information content (AvgIpc) is 1.63. The van der Waals surface area contributed by atoms with Crippen LogP contribution in [0.25, 0.3) is 0 Å². The van der Waals surface area contributed by atoms with E-state index in [1.807, 2.05) is 0 Å². The first-order chi connectivity index (χ1) is 4.04. The highest BCUT2D eigenvalue weighted by Gasteiger charge is 2.14. The fraction of sp³-hybridized carbons (Fsp3) is 0.750. The molecule has 0 bridgehead atoms. The Balaban J connectivity index is 3.50. The molecule has 0 saturated carbocycles. The van der Waals surface area contributed by atoms with Crippen LogP contribution in [0.5, 0.6) is 0 Å². The topological polar surface area (TPSA) is 69.1 Å². The Morgan fingerprint density at radius 3 is 2.11 bits per heavy atom. The second kappa shape index (κ2) is 3.34. The van der Waals surface area contributed by atoms with Crippen molar-refractivity contribution in [2.45, 2.75) is 18.9 Å². The molecule has 0 saturated heterocycles. The van der Waals surface area contributed by atoms with E-state index in [2.05, 4.69) is 5.73 Å². The molecule has 5 heteroatoms. The van der Waals surface area contributed by atoms with Gasteiger partial charge in [-0.2, -0.15) is 0 Å². The third-order valence-electron chi connectivity index (χ3n) is 0.798. The summed E-state index contributed by atoms with van der Waals surface area (Å²) in [6, 6.07) is -1.22. The first-order valence-corrected chi connectivity index (χ1v) is 2.37. The third kappa shape index (κ3) is 3.84. The van der Waals surface area contributed by atoms with E-state index in [4.69, 9.17) is 5.73 Å². The number of halogens is 2. The second-order valence-corrected chi connectivity index (χ2v) is 1.64. The van der Waals surface area contributed by atoms with E-state index in [9.17, 15) is 13.6 Å². The van der Waals surface area contributed by atoms with Gasteiger partial charge in [-0.3, -0.25) is 4.79 Å². The van der Waals surface area contributed by atoms with Crippen LogP contribution >= 0.6 is 0 Å². The summed E-state index contributed by atoms with van der Waals surface area (Å²) in [5.74, 6) is -0.893. The standard InChI is InChI=1S/C4H8F2N2O/c5-3(6)1-2(7)4(8)9/h2-3H,1,7H2,(H2,8,9). The number of rotatable bonds is 3. The normalized spacial score (nSPS) is 13.8. The van der Waals surface area contributed by atoms with Crippen LogP contribution in [0.3, 0.4) is 0 Å². The fourth-order valence-electron chi connectivity index (χ4n) is 0.308.